The van der Waals surface area contributed by atoms with E-state index in [2.05, 4.69) is 10.6 Å². The van der Waals surface area contributed by atoms with E-state index in [1.807, 2.05) is 0 Å². The molecule has 0 aliphatic carbocycles. The molecule has 0 saturated heterocycles. The summed E-state index contributed by atoms with van der Waals surface area (Å²) in [5.41, 5.74) is 0.271. The number of nitrogens with one attached hydrogen (secondary N) is 2. The Morgan fingerprint density at radius 2 is 1.78 bits per heavy atom. The van der Waals surface area contributed by atoms with Crippen LogP contribution in [0.25, 0.3) is 0 Å². The molecule has 9 nitrogen and oxygen atoms in total. The van der Waals surface area contributed by atoms with Gasteiger partial charge in [-0.25, -0.2) is 0 Å². The summed E-state index contributed by atoms with van der Waals surface area (Å²) < 4.78 is 10.5. The van der Waals surface area contributed by atoms with Crippen LogP contribution in [0.3, 0.4) is 0 Å². The summed E-state index contributed by atoms with van der Waals surface area (Å²) in [5, 5.41) is 16.6. The number of nitrogens with zero attached hydrogens (tertiary/aromatic N) is 1. The van der Waals surface area contributed by atoms with Gasteiger partial charge in [0.05, 0.1) is 24.7 Å². The minimum atomic E-state index is -0.692. The van der Waals surface area contributed by atoms with Crippen LogP contribution in [0.4, 0.5) is 17.1 Å². The zero-order chi connectivity index (χ0) is 20.0. The fraction of sp³-hybridized carbons (Fsp3) is 0.222. The van der Waals surface area contributed by atoms with Crippen LogP contribution in [0, 0.1) is 10.1 Å². The average Bonchev–Trinajstić information content (AvgIpc) is 2.61. The summed E-state index contributed by atoms with van der Waals surface area (Å²) in [7, 11) is 1.38. The van der Waals surface area contributed by atoms with Crippen molar-refractivity contribution in [2.24, 2.45) is 0 Å². The third-order valence-electron chi connectivity index (χ3n) is 3.46. The van der Waals surface area contributed by atoms with Gasteiger partial charge in [0.1, 0.15) is 5.56 Å². The predicted octanol–water partition coefficient (Wildman–Crippen LogP) is 3.21. The Labute approximate surface area is 155 Å². The number of rotatable bonds is 7. The van der Waals surface area contributed by atoms with Crippen molar-refractivity contribution in [1.29, 1.82) is 0 Å². The maximum atomic E-state index is 12.6. The second-order valence-electron chi connectivity index (χ2n) is 5.43. The van der Waals surface area contributed by atoms with E-state index in [1.165, 1.54) is 26.2 Å². The van der Waals surface area contributed by atoms with Crippen LogP contribution in [0.2, 0.25) is 0 Å². The number of ether oxygens (including phenoxy) is 2. The van der Waals surface area contributed by atoms with Crippen LogP contribution >= 0.6 is 0 Å². The summed E-state index contributed by atoms with van der Waals surface area (Å²) in [4.78, 5) is 34.5. The topological polar surface area (TPSA) is 120 Å². The van der Waals surface area contributed by atoms with Crippen molar-refractivity contribution in [3.05, 3.63) is 52.1 Å². The van der Waals surface area contributed by atoms with Crippen LogP contribution < -0.4 is 20.1 Å². The van der Waals surface area contributed by atoms with Crippen molar-refractivity contribution in [2.75, 3.05) is 24.4 Å². The highest BCUT2D eigenvalue weighted by atomic mass is 16.6. The molecule has 0 radical (unpaired) electrons. The molecule has 0 aliphatic rings. The molecule has 0 heterocycles. The van der Waals surface area contributed by atoms with Gasteiger partial charge in [0, 0.05) is 24.4 Å². The Morgan fingerprint density at radius 1 is 1.11 bits per heavy atom. The number of carbonyl (C=O) groups is 2. The Hall–Kier alpha value is -3.62. The number of methoxy groups -OCH3 is 1. The van der Waals surface area contributed by atoms with E-state index in [0.717, 1.165) is 6.07 Å². The summed E-state index contributed by atoms with van der Waals surface area (Å²) in [6, 6.07) is 8.84. The van der Waals surface area contributed by atoms with E-state index >= 15 is 0 Å². The molecular formula is C18H19N3O6. The van der Waals surface area contributed by atoms with E-state index in [4.69, 9.17) is 9.47 Å². The molecule has 2 aromatic rings. The van der Waals surface area contributed by atoms with Gasteiger partial charge in [0.15, 0.2) is 11.5 Å². The quantitative estimate of drug-likeness (QED) is 0.568. The number of amides is 2. The Balaban J connectivity index is 2.37. The standard InChI is InChI=1S/C18H19N3O6/c1-4-27-17-10-15(21(24)25)14(9-16(17)26-3)18(23)20-13-7-5-6-12(8-13)19-11(2)22/h5-10H,4H2,1-3H3,(H,19,22)(H,20,23). The summed E-state index contributed by atoms with van der Waals surface area (Å²) >= 11 is 0. The van der Waals surface area contributed by atoms with E-state index in [0.29, 0.717) is 11.4 Å². The molecule has 9 heteroatoms. The second-order valence-corrected chi connectivity index (χ2v) is 5.43. The van der Waals surface area contributed by atoms with Crippen LogP contribution in [0.15, 0.2) is 36.4 Å². The van der Waals surface area contributed by atoms with Crippen molar-refractivity contribution in [2.45, 2.75) is 13.8 Å². The Bertz CT molecular complexity index is 881. The highest BCUT2D eigenvalue weighted by molar-refractivity contribution is 6.08. The highest BCUT2D eigenvalue weighted by Crippen LogP contribution is 2.35. The lowest BCUT2D eigenvalue weighted by atomic mass is 10.1. The predicted molar refractivity (Wildman–Crippen MR) is 99.5 cm³/mol. The molecule has 27 heavy (non-hydrogen) atoms. The fourth-order valence-corrected chi connectivity index (χ4v) is 2.39. The minimum Gasteiger partial charge on any atom is -0.493 e. The monoisotopic (exact) mass is 373 g/mol. The number of carbonyl (C=O) groups excluding carboxylic acids is 2. The van der Waals surface area contributed by atoms with Gasteiger partial charge in [0.2, 0.25) is 5.91 Å². The maximum Gasteiger partial charge on any atom is 0.286 e. The summed E-state index contributed by atoms with van der Waals surface area (Å²) in [6.07, 6.45) is 0. The number of hydrogen-bond donors (Lipinski definition) is 2. The molecule has 0 bridgehead atoms. The first kappa shape index (κ1) is 19.7. The van der Waals surface area contributed by atoms with E-state index in [-0.39, 0.29) is 29.6 Å². The normalized spacial score (nSPS) is 10.0. The average molecular weight is 373 g/mol. The molecule has 2 N–H and O–H groups in total. The number of nitro groups is 1. The first-order valence-corrected chi connectivity index (χ1v) is 8.04. The van der Waals surface area contributed by atoms with Gasteiger partial charge in [-0.1, -0.05) is 6.07 Å². The smallest absolute Gasteiger partial charge is 0.286 e. The molecule has 0 unspecified atom stereocenters. The molecule has 0 spiro atoms. The molecular weight excluding hydrogens is 354 g/mol. The van der Waals surface area contributed by atoms with Crippen molar-refractivity contribution >= 4 is 28.9 Å². The van der Waals surface area contributed by atoms with Crippen LogP contribution in [0.1, 0.15) is 24.2 Å². The highest BCUT2D eigenvalue weighted by Gasteiger charge is 2.25. The lowest BCUT2D eigenvalue weighted by molar-refractivity contribution is -0.385. The third kappa shape index (κ3) is 4.94. The molecule has 0 atom stereocenters. The van der Waals surface area contributed by atoms with Gasteiger partial charge >= 0.3 is 0 Å². The van der Waals surface area contributed by atoms with Crippen molar-refractivity contribution in [1.82, 2.24) is 0 Å². The van der Waals surface area contributed by atoms with E-state index in [1.54, 1.807) is 25.1 Å². The maximum absolute atomic E-state index is 12.6. The van der Waals surface area contributed by atoms with Gasteiger partial charge in [0.25, 0.3) is 11.6 Å². The molecule has 2 amide bonds. The van der Waals surface area contributed by atoms with Gasteiger partial charge in [-0.3, -0.25) is 19.7 Å². The Kier molecular flexibility index (Phi) is 6.32. The number of nitro benzene ring substituents is 1. The first-order chi connectivity index (χ1) is 12.8. The van der Waals surface area contributed by atoms with Crippen LogP contribution in [0.5, 0.6) is 11.5 Å². The SMILES string of the molecule is CCOc1cc([N+](=O)[O-])c(C(=O)Nc2cccc(NC(C)=O)c2)cc1OC. The van der Waals surface area contributed by atoms with E-state index < -0.39 is 16.5 Å². The van der Waals surface area contributed by atoms with Crippen molar-refractivity contribution in [3.63, 3.8) is 0 Å². The molecule has 2 rings (SSSR count). The molecule has 2 aromatic carbocycles. The molecule has 0 aromatic heterocycles. The van der Waals surface area contributed by atoms with Gasteiger partial charge in [-0.05, 0) is 25.1 Å². The largest absolute Gasteiger partial charge is 0.493 e. The lowest BCUT2D eigenvalue weighted by Gasteiger charge is -2.12. The number of benzene rings is 2. The molecule has 142 valence electrons. The van der Waals surface area contributed by atoms with Gasteiger partial charge in [-0.15, -0.1) is 0 Å². The van der Waals surface area contributed by atoms with Gasteiger partial charge in [-0.2, -0.15) is 0 Å². The molecule has 0 saturated carbocycles. The summed E-state index contributed by atoms with van der Waals surface area (Å²) in [5.74, 6) is -0.566. The zero-order valence-electron chi connectivity index (χ0n) is 15.1. The number of hydrogen-bond acceptors (Lipinski definition) is 6. The fourth-order valence-electron chi connectivity index (χ4n) is 2.39. The third-order valence-corrected chi connectivity index (χ3v) is 3.46. The lowest BCUT2D eigenvalue weighted by Crippen LogP contribution is -2.15. The van der Waals surface area contributed by atoms with Crippen LogP contribution in [-0.2, 0) is 4.79 Å². The van der Waals surface area contributed by atoms with Crippen LogP contribution in [-0.4, -0.2) is 30.5 Å². The van der Waals surface area contributed by atoms with Crippen molar-refractivity contribution < 1.29 is 24.0 Å². The number of anilines is 2. The van der Waals surface area contributed by atoms with Crippen molar-refractivity contribution in [3.8, 4) is 11.5 Å². The second kappa shape index (κ2) is 8.65. The summed E-state index contributed by atoms with van der Waals surface area (Å²) in [6.45, 7) is 3.38. The Morgan fingerprint density at radius 3 is 2.33 bits per heavy atom. The van der Waals surface area contributed by atoms with Gasteiger partial charge < -0.3 is 20.1 Å². The first-order valence-electron chi connectivity index (χ1n) is 8.04. The molecule has 0 fully saturated rings. The minimum absolute atomic E-state index is 0.176. The molecule has 0 aliphatic heterocycles. The zero-order valence-corrected chi connectivity index (χ0v) is 15.1. The van der Waals surface area contributed by atoms with E-state index in [9.17, 15) is 19.7 Å².